The third-order valence-corrected chi connectivity index (χ3v) is 4.04. The number of methoxy groups -OCH3 is 1. The largest absolute Gasteiger partial charge is 0.496 e. The van der Waals surface area contributed by atoms with E-state index in [4.69, 9.17) is 22.1 Å². The Kier molecular flexibility index (Phi) is 7.89. The number of anilines is 1. The van der Waals surface area contributed by atoms with Crippen molar-refractivity contribution < 1.29 is 9.53 Å². The van der Waals surface area contributed by atoms with E-state index in [-0.39, 0.29) is 24.4 Å². The van der Waals surface area contributed by atoms with Crippen LogP contribution in [0.2, 0.25) is 5.02 Å². The number of ether oxygens (including phenoxy) is 1. The number of hydrogen-bond acceptors (Lipinski definition) is 3. The van der Waals surface area contributed by atoms with Gasteiger partial charge in [0.1, 0.15) is 5.75 Å². The van der Waals surface area contributed by atoms with Gasteiger partial charge in [0, 0.05) is 12.1 Å². The minimum absolute atomic E-state index is 0. The van der Waals surface area contributed by atoms with Gasteiger partial charge in [0.15, 0.2) is 0 Å². The van der Waals surface area contributed by atoms with Gasteiger partial charge in [-0.25, -0.2) is 0 Å². The Morgan fingerprint density at radius 3 is 2.54 bits per heavy atom. The first kappa shape index (κ1) is 20.1. The molecule has 130 valence electrons. The third kappa shape index (κ3) is 5.05. The van der Waals surface area contributed by atoms with Crippen LogP contribution in [0.5, 0.6) is 5.75 Å². The predicted molar refractivity (Wildman–Crippen MR) is 101 cm³/mol. The van der Waals surface area contributed by atoms with Crippen LogP contribution in [0.25, 0.3) is 0 Å². The molecule has 0 aliphatic rings. The summed E-state index contributed by atoms with van der Waals surface area (Å²) in [5, 5.41) is 3.37. The number of nitrogens with two attached hydrogens (primary N) is 1. The third-order valence-electron chi connectivity index (χ3n) is 3.72. The van der Waals surface area contributed by atoms with Gasteiger partial charge in [-0.2, -0.15) is 0 Å². The van der Waals surface area contributed by atoms with E-state index in [1.807, 2.05) is 25.1 Å². The molecule has 0 heterocycles. The molecule has 4 nitrogen and oxygen atoms in total. The average Bonchev–Trinajstić information content (AvgIpc) is 2.57. The molecule has 0 aliphatic carbocycles. The molecule has 0 aromatic heterocycles. The van der Waals surface area contributed by atoms with Gasteiger partial charge < -0.3 is 15.8 Å². The molecule has 0 bridgehead atoms. The minimum Gasteiger partial charge on any atom is -0.496 e. The lowest BCUT2D eigenvalue weighted by atomic mass is 10.0. The molecule has 24 heavy (non-hydrogen) atoms. The number of nitrogens with one attached hydrogen (secondary N) is 1. The first-order valence-corrected chi connectivity index (χ1v) is 7.90. The fraction of sp³-hybridized carbons (Fsp3) is 0.278. The van der Waals surface area contributed by atoms with Crippen LogP contribution in [-0.4, -0.2) is 19.1 Å². The first-order chi connectivity index (χ1) is 11.0. The Balaban J connectivity index is 0.00000288. The van der Waals surface area contributed by atoms with Gasteiger partial charge in [0.25, 0.3) is 5.91 Å². The first-order valence-electron chi connectivity index (χ1n) is 7.53. The summed E-state index contributed by atoms with van der Waals surface area (Å²) in [6.45, 7) is 2.04. The van der Waals surface area contributed by atoms with Crippen LogP contribution in [0.4, 0.5) is 5.69 Å². The van der Waals surface area contributed by atoms with Crippen LogP contribution < -0.4 is 15.8 Å². The molecule has 1 atom stereocenters. The van der Waals surface area contributed by atoms with Gasteiger partial charge in [0.05, 0.1) is 23.4 Å². The van der Waals surface area contributed by atoms with E-state index in [0.717, 1.165) is 12.8 Å². The highest BCUT2D eigenvalue weighted by molar-refractivity contribution is 6.33. The highest BCUT2D eigenvalue weighted by Gasteiger charge is 2.18. The molecule has 6 heteroatoms. The van der Waals surface area contributed by atoms with Gasteiger partial charge in [-0.3, -0.25) is 4.79 Å². The van der Waals surface area contributed by atoms with Crippen LogP contribution in [-0.2, 0) is 6.42 Å². The summed E-state index contributed by atoms with van der Waals surface area (Å²) in [6, 6.07) is 13.2. The fourth-order valence-corrected chi connectivity index (χ4v) is 2.54. The van der Waals surface area contributed by atoms with Crippen molar-refractivity contribution in [2.24, 2.45) is 0 Å². The van der Waals surface area contributed by atoms with Crippen LogP contribution in [0.15, 0.2) is 42.5 Å². The smallest absolute Gasteiger partial charge is 0.255 e. The molecule has 0 radical (unpaired) electrons. The van der Waals surface area contributed by atoms with E-state index >= 15 is 0 Å². The molecule has 0 aliphatic heterocycles. The van der Waals surface area contributed by atoms with E-state index in [9.17, 15) is 4.79 Å². The second-order valence-corrected chi connectivity index (χ2v) is 5.75. The zero-order valence-corrected chi connectivity index (χ0v) is 15.3. The summed E-state index contributed by atoms with van der Waals surface area (Å²) < 4.78 is 5.24. The van der Waals surface area contributed by atoms with Gasteiger partial charge >= 0.3 is 0 Å². The average molecular weight is 369 g/mol. The highest BCUT2D eigenvalue weighted by atomic mass is 35.5. The topological polar surface area (TPSA) is 64.4 Å². The molecule has 2 aromatic rings. The zero-order valence-electron chi connectivity index (χ0n) is 13.7. The SMILES string of the molecule is CCC(Cc1ccccc1)NC(=O)c1cc(Cl)c(N)cc1OC.Cl. The Morgan fingerprint density at radius 1 is 1.29 bits per heavy atom. The summed E-state index contributed by atoms with van der Waals surface area (Å²) in [4.78, 5) is 12.6. The van der Waals surface area contributed by atoms with E-state index in [0.29, 0.717) is 22.0 Å². The second-order valence-electron chi connectivity index (χ2n) is 5.34. The van der Waals surface area contributed by atoms with Crippen molar-refractivity contribution in [2.75, 3.05) is 12.8 Å². The molecule has 0 spiro atoms. The number of benzene rings is 2. The number of rotatable bonds is 6. The highest BCUT2D eigenvalue weighted by Crippen LogP contribution is 2.28. The predicted octanol–water partition coefficient (Wildman–Crippen LogP) is 4.10. The maximum Gasteiger partial charge on any atom is 0.255 e. The summed E-state index contributed by atoms with van der Waals surface area (Å²) in [7, 11) is 1.50. The van der Waals surface area contributed by atoms with Crippen molar-refractivity contribution in [1.82, 2.24) is 5.32 Å². The molecule has 0 saturated carbocycles. The number of halogens is 2. The van der Waals surface area contributed by atoms with E-state index in [1.54, 1.807) is 12.1 Å². The molecule has 2 rings (SSSR count). The van der Waals surface area contributed by atoms with Crippen molar-refractivity contribution in [1.29, 1.82) is 0 Å². The normalized spacial score (nSPS) is 11.3. The quantitative estimate of drug-likeness (QED) is 0.754. The molecule has 2 aromatic carbocycles. The molecular formula is C18H22Cl2N2O2. The van der Waals surface area contributed by atoms with E-state index in [1.165, 1.54) is 12.7 Å². The molecule has 0 saturated heterocycles. The van der Waals surface area contributed by atoms with Gasteiger partial charge in [-0.1, -0.05) is 48.9 Å². The number of nitrogen functional groups attached to an aromatic ring is 1. The lowest BCUT2D eigenvalue weighted by molar-refractivity contribution is 0.0933. The van der Waals surface area contributed by atoms with Crippen LogP contribution in [0.1, 0.15) is 29.3 Å². The molecule has 1 amide bonds. The molecule has 0 fully saturated rings. The Bertz CT molecular complexity index is 678. The van der Waals surface area contributed by atoms with Gasteiger partial charge in [0.2, 0.25) is 0 Å². The van der Waals surface area contributed by atoms with Crippen LogP contribution in [0, 0.1) is 0 Å². The molecular weight excluding hydrogens is 347 g/mol. The van der Waals surface area contributed by atoms with Gasteiger partial charge in [-0.15, -0.1) is 12.4 Å². The zero-order chi connectivity index (χ0) is 16.8. The fourth-order valence-electron chi connectivity index (χ4n) is 2.37. The Labute approximate surface area is 153 Å². The number of hydrogen-bond donors (Lipinski definition) is 2. The second kappa shape index (κ2) is 9.40. The van der Waals surface area contributed by atoms with Crippen molar-refractivity contribution >= 4 is 35.6 Å². The summed E-state index contributed by atoms with van der Waals surface area (Å²) in [6.07, 6.45) is 1.60. The van der Waals surface area contributed by atoms with E-state index < -0.39 is 0 Å². The van der Waals surface area contributed by atoms with Crippen molar-refractivity contribution in [3.05, 3.63) is 58.6 Å². The molecule has 1 unspecified atom stereocenters. The summed E-state index contributed by atoms with van der Waals surface area (Å²) >= 11 is 6.03. The maximum atomic E-state index is 12.6. The lowest BCUT2D eigenvalue weighted by Crippen LogP contribution is -2.36. The van der Waals surface area contributed by atoms with Gasteiger partial charge in [-0.05, 0) is 24.5 Å². The number of carbonyl (C=O) groups excluding carboxylic acids is 1. The maximum absolute atomic E-state index is 12.6. The number of carbonyl (C=O) groups is 1. The number of amides is 1. The van der Waals surface area contributed by atoms with Crippen molar-refractivity contribution in [3.8, 4) is 5.75 Å². The van der Waals surface area contributed by atoms with Crippen LogP contribution in [0.3, 0.4) is 0 Å². The Hall–Kier alpha value is -1.91. The van der Waals surface area contributed by atoms with Crippen LogP contribution >= 0.6 is 24.0 Å². The monoisotopic (exact) mass is 368 g/mol. The summed E-state index contributed by atoms with van der Waals surface area (Å²) in [5.74, 6) is 0.200. The summed E-state index contributed by atoms with van der Waals surface area (Å²) in [5.41, 5.74) is 7.71. The minimum atomic E-state index is -0.216. The van der Waals surface area contributed by atoms with Crippen molar-refractivity contribution in [2.45, 2.75) is 25.8 Å². The van der Waals surface area contributed by atoms with E-state index in [2.05, 4.69) is 17.4 Å². The van der Waals surface area contributed by atoms with Crippen molar-refractivity contribution in [3.63, 3.8) is 0 Å². The Morgan fingerprint density at radius 2 is 1.96 bits per heavy atom. The standard InChI is InChI=1S/C18H21ClN2O2.ClH/c1-3-13(9-12-7-5-4-6-8-12)21-18(22)14-10-15(19)16(20)11-17(14)23-2;/h4-8,10-11,13H,3,9,20H2,1-2H3,(H,21,22);1H. The lowest BCUT2D eigenvalue weighted by Gasteiger charge is -2.18. The molecule has 3 N–H and O–H groups in total.